The lowest BCUT2D eigenvalue weighted by molar-refractivity contribution is 0.0997. The van der Waals surface area contributed by atoms with Crippen molar-refractivity contribution in [1.29, 1.82) is 0 Å². The SMILES string of the molecule is NC(=O)c1ccc2ccn(-c3ccc(-n4cnc5cc(NC(=O)c6ccc7cc[nH]c7c6)ccc54)cc3)c2c1. The molecule has 0 aliphatic heterocycles. The second-order valence-corrected chi connectivity index (χ2v) is 9.39. The summed E-state index contributed by atoms with van der Waals surface area (Å²) in [6.45, 7) is 0. The van der Waals surface area contributed by atoms with Crippen LogP contribution in [0.1, 0.15) is 20.7 Å². The Morgan fingerprint density at radius 1 is 0.744 bits per heavy atom. The number of carbonyl (C=O) groups excluding carboxylic acids is 2. The number of fused-ring (bicyclic) bond motifs is 3. The molecule has 0 saturated carbocycles. The van der Waals surface area contributed by atoms with Crippen LogP contribution in [0, 0.1) is 0 Å². The number of nitrogens with zero attached hydrogens (tertiary/aromatic N) is 3. The van der Waals surface area contributed by atoms with Crippen molar-refractivity contribution >= 4 is 50.3 Å². The lowest BCUT2D eigenvalue weighted by atomic mass is 10.1. The number of aromatic amines is 1. The number of carbonyl (C=O) groups is 2. The highest BCUT2D eigenvalue weighted by Gasteiger charge is 2.11. The van der Waals surface area contributed by atoms with Gasteiger partial charge in [-0.15, -0.1) is 0 Å². The molecule has 8 heteroatoms. The van der Waals surface area contributed by atoms with E-state index in [1.165, 1.54) is 0 Å². The normalized spacial score (nSPS) is 11.4. The van der Waals surface area contributed by atoms with E-state index >= 15 is 0 Å². The summed E-state index contributed by atoms with van der Waals surface area (Å²) in [5.74, 6) is -0.630. The molecule has 0 atom stereocenters. The van der Waals surface area contributed by atoms with Crippen molar-refractivity contribution in [2.75, 3.05) is 5.32 Å². The summed E-state index contributed by atoms with van der Waals surface area (Å²) < 4.78 is 4.03. The highest BCUT2D eigenvalue weighted by atomic mass is 16.2. The number of hydrogen-bond donors (Lipinski definition) is 3. The van der Waals surface area contributed by atoms with Crippen LogP contribution in [0.25, 0.3) is 44.2 Å². The van der Waals surface area contributed by atoms with Crippen LogP contribution < -0.4 is 11.1 Å². The van der Waals surface area contributed by atoms with Gasteiger partial charge in [-0.2, -0.15) is 0 Å². The fourth-order valence-electron chi connectivity index (χ4n) is 4.97. The molecular weight excluding hydrogens is 488 g/mol. The number of benzene rings is 4. The molecule has 2 amide bonds. The van der Waals surface area contributed by atoms with E-state index in [0.717, 1.165) is 44.2 Å². The van der Waals surface area contributed by atoms with Crippen LogP contribution in [0.15, 0.2) is 110 Å². The van der Waals surface area contributed by atoms with Gasteiger partial charge in [0.15, 0.2) is 0 Å². The van der Waals surface area contributed by atoms with Crippen LogP contribution in [0.4, 0.5) is 5.69 Å². The highest BCUT2D eigenvalue weighted by molar-refractivity contribution is 6.06. The Morgan fingerprint density at radius 2 is 1.51 bits per heavy atom. The molecule has 0 fully saturated rings. The second-order valence-electron chi connectivity index (χ2n) is 9.39. The second kappa shape index (κ2) is 8.74. The average Bonchev–Trinajstić information content (AvgIpc) is 3.70. The van der Waals surface area contributed by atoms with Gasteiger partial charge in [0, 0.05) is 46.1 Å². The van der Waals surface area contributed by atoms with E-state index in [-0.39, 0.29) is 5.91 Å². The Morgan fingerprint density at radius 3 is 2.33 bits per heavy atom. The lowest BCUT2D eigenvalue weighted by Crippen LogP contribution is -2.11. The molecule has 0 aliphatic carbocycles. The number of anilines is 1. The van der Waals surface area contributed by atoms with Gasteiger partial charge in [-0.05, 0) is 89.6 Å². The Balaban J connectivity index is 1.15. The third-order valence-corrected chi connectivity index (χ3v) is 7.01. The summed E-state index contributed by atoms with van der Waals surface area (Å²) in [7, 11) is 0. The van der Waals surface area contributed by atoms with Crippen LogP contribution in [-0.2, 0) is 0 Å². The Kier molecular flexibility index (Phi) is 5.06. The molecule has 7 aromatic rings. The first-order chi connectivity index (χ1) is 19.0. The molecule has 0 bridgehead atoms. The molecule has 0 spiro atoms. The van der Waals surface area contributed by atoms with E-state index in [0.29, 0.717) is 16.8 Å². The van der Waals surface area contributed by atoms with Crippen LogP contribution in [-0.4, -0.2) is 30.9 Å². The van der Waals surface area contributed by atoms with Gasteiger partial charge in [0.2, 0.25) is 5.91 Å². The van der Waals surface area contributed by atoms with Gasteiger partial charge < -0.3 is 20.6 Å². The first kappa shape index (κ1) is 22.6. The lowest BCUT2D eigenvalue weighted by Gasteiger charge is -2.10. The number of aromatic nitrogens is 4. The molecule has 3 heterocycles. The average molecular weight is 511 g/mol. The van der Waals surface area contributed by atoms with Gasteiger partial charge in [-0.25, -0.2) is 4.98 Å². The van der Waals surface area contributed by atoms with Crippen LogP contribution in [0.3, 0.4) is 0 Å². The first-order valence-electron chi connectivity index (χ1n) is 12.4. The maximum absolute atomic E-state index is 12.8. The van der Waals surface area contributed by atoms with Gasteiger partial charge in [-0.3, -0.25) is 14.2 Å². The van der Waals surface area contributed by atoms with E-state index in [9.17, 15) is 9.59 Å². The predicted octanol–water partition coefficient (Wildman–Crippen LogP) is 5.80. The van der Waals surface area contributed by atoms with Crippen LogP contribution >= 0.6 is 0 Å². The van der Waals surface area contributed by atoms with Crippen molar-refractivity contribution in [3.8, 4) is 11.4 Å². The van der Waals surface area contributed by atoms with Gasteiger partial charge in [-0.1, -0.05) is 12.1 Å². The van der Waals surface area contributed by atoms with E-state index in [4.69, 9.17) is 5.73 Å². The standard InChI is InChI=1S/C31H22N6O2/c32-30(38)21-3-2-20-12-14-36(29(20)16-21)24-6-8-25(9-7-24)37-18-34-27-17-23(5-10-28(27)37)35-31(39)22-4-1-19-11-13-33-26(19)15-22/h1-18,33H,(H2,32,38)(H,35,39). The maximum Gasteiger partial charge on any atom is 0.255 e. The molecule has 39 heavy (non-hydrogen) atoms. The highest BCUT2D eigenvalue weighted by Crippen LogP contribution is 2.26. The van der Waals surface area contributed by atoms with Crippen molar-refractivity contribution in [3.05, 3.63) is 121 Å². The number of H-pyrrole nitrogens is 1. The fourth-order valence-corrected chi connectivity index (χ4v) is 4.97. The molecule has 0 saturated heterocycles. The quantitative estimate of drug-likeness (QED) is 0.272. The molecule has 0 radical (unpaired) electrons. The van der Waals surface area contributed by atoms with E-state index in [1.807, 2.05) is 106 Å². The van der Waals surface area contributed by atoms with Gasteiger partial charge in [0.1, 0.15) is 6.33 Å². The maximum atomic E-state index is 12.8. The van der Waals surface area contributed by atoms with Crippen molar-refractivity contribution < 1.29 is 9.59 Å². The molecule has 8 nitrogen and oxygen atoms in total. The summed E-state index contributed by atoms with van der Waals surface area (Å²) in [5, 5.41) is 5.06. The number of hydrogen-bond acceptors (Lipinski definition) is 3. The van der Waals surface area contributed by atoms with Crippen molar-refractivity contribution in [2.45, 2.75) is 0 Å². The molecule has 4 N–H and O–H groups in total. The predicted molar refractivity (Wildman–Crippen MR) is 153 cm³/mol. The molecule has 7 rings (SSSR count). The third kappa shape index (κ3) is 3.91. The summed E-state index contributed by atoms with van der Waals surface area (Å²) in [6.07, 6.45) is 5.60. The third-order valence-electron chi connectivity index (χ3n) is 7.01. The largest absolute Gasteiger partial charge is 0.366 e. The summed E-state index contributed by atoms with van der Waals surface area (Å²) in [5.41, 5.74) is 12.6. The number of nitrogens with one attached hydrogen (secondary N) is 2. The number of imidazole rings is 1. The minimum atomic E-state index is -0.451. The Labute approximate surface area is 222 Å². The molecule has 188 valence electrons. The summed E-state index contributed by atoms with van der Waals surface area (Å²) >= 11 is 0. The van der Waals surface area contributed by atoms with E-state index in [1.54, 1.807) is 12.4 Å². The topological polar surface area (TPSA) is 111 Å². The fraction of sp³-hybridized carbons (Fsp3) is 0. The molecule has 3 aromatic heterocycles. The minimum absolute atomic E-state index is 0.179. The van der Waals surface area contributed by atoms with Crippen LogP contribution in [0.5, 0.6) is 0 Å². The monoisotopic (exact) mass is 510 g/mol. The zero-order chi connectivity index (χ0) is 26.5. The molecular formula is C31H22N6O2. The van der Waals surface area contributed by atoms with E-state index in [2.05, 4.69) is 15.3 Å². The molecule has 4 aromatic carbocycles. The van der Waals surface area contributed by atoms with Crippen molar-refractivity contribution in [2.24, 2.45) is 5.73 Å². The number of primary amides is 1. The Bertz CT molecular complexity index is 2050. The molecule has 0 unspecified atom stereocenters. The van der Waals surface area contributed by atoms with Crippen molar-refractivity contribution in [1.82, 2.24) is 19.1 Å². The Hall–Kier alpha value is -5.63. The van der Waals surface area contributed by atoms with Crippen molar-refractivity contribution in [3.63, 3.8) is 0 Å². The summed E-state index contributed by atoms with van der Waals surface area (Å²) in [6, 6.07) is 28.8. The zero-order valence-corrected chi connectivity index (χ0v) is 20.6. The summed E-state index contributed by atoms with van der Waals surface area (Å²) in [4.78, 5) is 32.2. The first-order valence-corrected chi connectivity index (χ1v) is 12.4. The number of amides is 2. The van der Waals surface area contributed by atoms with Gasteiger partial charge in [0.05, 0.1) is 16.6 Å². The van der Waals surface area contributed by atoms with Gasteiger partial charge >= 0.3 is 0 Å². The minimum Gasteiger partial charge on any atom is -0.366 e. The molecule has 0 aliphatic rings. The number of nitrogens with two attached hydrogens (primary N) is 1. The zero-order valence-electron chi connectivity index (χ0n) is 20.6. The number of rotatable bonds is 5. The smallest absolute Gasteiger partial charge is 0.255 e. The van der Waals surface area contributed by atoms with E-state index < -0.39 is 5.91 Å². The van der Waals surface area contributed by atoms with Gasteiger partial charge in [0.25, 0.3) is 5.91 Å². The van der Waals surface area contributed by atoms with Crippen LogP contribution in [0.2, 0.25) is 0 Å².